The molecule has 0 aromatic rings. The van der Waals surface area contributed by atoms with Crippen LogP contribution in [0.4, 0.5) is 0 Å². The van der Waals surface area contributed by atoms with Crippen molar-refractivity contribution >= 4 is 5.91 Å². The van der Waals surface area contributed by atoms with Crippen molar-refractivity contribution in [2.75, 3.05) is 26.7 Å². The molecule has 0 aromatic carbocycles. The summed E-state index contributed by atoms with van der Waals surface area (Å²) in [4.78, 5) is 14.2. The molecule has 0 atom stereocenters. The molecular formula is C14H29N3O. The largest absolute Gasteiger partial charge is 0.353 e. The van der Waals surface area contributed by atoms with Crippen LogP contribution in [0.5, 0.6) is 0 Å². The van der Waals surface area contributed by atoms with Gasteiger partial charge in [0.25, 0.3) is 0 Å². The molecule has 0 saturated carbocycles. The van der Waals surface area contributed by atoms with Gasteiger partial charge in [-0.2, -0.15) is 0 Å². The Labute approximate surface area is 111 Å². The Bertz CT molecular complexity index is 252. The van der Waals surface area contributed by atoms with Crippen LogP contribution < -0.4 is 10.6 Å². The summed E-state index contributed by atoms with van der Waals surface area (Å²) in [6.45, 7) is 9.85. The summed E-state index contributed by atoms with van der Waals surface area (Å²) < 4.78 is 0. The van der Waals surface area contributed by atoms with E-state index in [1.807, 2.05) is 7.05 Å². The SMILES string of the molecule is CNCCCC(=O)NC1CCN(C(C)(C)C)CC1. The van der Waals surface area contributed by atoms with E-state index in [1.165, 1.54) is 0 Å². The molecule has 4 heteroatoms. The van der Waals surface area contributed by atoms with E-state index in [1.54, 1.807) is 0 Å². The van der Waals surface area contributed by atoms with E-state index in [4.69, 9.17) is 0 Å². The van der Waals surface area contributed by atoms with Gasteiger partial charge in [-0.15, -0.1) is 0 Å². The van der Waals surface area contributed by atoms with Gasteiger partial charge in [0.2, 0.25) is 5.91 Å². The van der Waals surface area contributed by atoms with Crippen molar-refractivity contribution in [2.45, 2.75) is 58.0 Å². The van der Waals surface area contributed by atoms with Gasteiger partial charge in [-0.3, -0.25) is 9.69 Å². The first kappa shape index (κ1) is 15.4. The predicted octanol–water partition coefficient (Wildman–Crippen LogP) is 1.37. The van der Waals surface area contributed by atoms with Crippen molar-refractivity contribution in [3.05, 3.63) is 0 Å². The monoisotopic (exact) mass is 255 g/mol. The van der Waals surface area contributed by atoms with Crippen molar-refractivity contribution in [1.29, 1.82) is 0 Å². The average Bonchev–Trinajstić information content (AvgIpc) is 2.29. The maximum atomic E-state index is 11.7. The topological polar surface area (TPSA) is 44.4 Å². The summed E-state index contributed by atoms with van der Waals surface area (Å²) in [5.74, 6) is 0.208. The summed E-state index contributed by atoms with van der Waals surface area (Å²) in [5.41, 5.74) is 0.252. The number of carbonyl (C=O) groups excluding carboxylic acids is 1. The number of rotatable bonds is 5. The van der Waals surface area contributed by atoms with Crippen molar-refractivity contribution < 1.29 is 4.79 Å². The summed E-state index contributed by atoms with van der Waals surface area (Å²) in [5, 5.41) is 6.22. The third-order valence-electron chi connectivity index (χ3n) is 3.64. The molecule has 1 rings (SSSR count). The van der Waals surface area contributed by atoms with Crippen LogP contribution in [-0.4, -0.2) is 49.1 Å². The van der Waals surface area contributed by atoms with Gasteiger partial charge in [0.15, 0.2) is 0 Å². The van der Waals surface area contributed by atoms with E-state index in [9.17, 15) is 4.79 Å². The summed E-state index contributed by atoms with van der Waals surface area (Å²) in [6.07, 6.45) is 3.72. The number of amides is 1. The number of carbonyl (C=O) groups is 1. The zero-order valence-corrected chi connectivity index (χ0v) is 12.4. The van der Waals surface area contributed by atoms with E-state index in [0.29, 0.717) is 12.5 Å². The van der Waals surface area contributed by atoms with Gasteiger partial charge >= 0.3 is 0 Å². The average molecular weight is 255 g/mol. The van der Waals surface area contributed by atoms with Gasteiger partial charge in [0.1, 0.15) is 0 Å². The molecule has 0 radical (unpaired) electrons. The maximum absolute atomic E-state index is 11.7. The number of nitrogens with zero attached hydrogens (tertiary/aromatic N) is 1. The summed E-state index contributed by atoms with van der Waals surface area (Å²) in [7, 11) is 1.92. The van der Waals surface area contributed by atoms with Gasteiger partial charge in [-0.1, -0.05) is 0 Å². The van der Waals surface area contributed by atoms with Gasteiger partial charge in [0, 0.05) is 31.1 Å². The Kier molecular flexibility index (Phi) is 6.09. The van der Waals surface area contributed by atoms with E-state index in [-0.39, 0.29) is 11.4 Å². The van der Waals surface area contributed by atoms with E-state index < -0.39 is 0 Å². The second-order valence-corrected chi connectivity index (χ2v) is 6.21. The van der Waals surface area contributed by atoms with E-state index in [2.05, 4.69) is 36.3 Å². The smallest absolute Gasteiger partial charge is 0.220 e. The van der Waals surface area contributed by atoms with Gasteiger partial charge < -0.3 is 10.6 Å². The van der Waals surface area contributed by atoms with Crippen LogP contribution in [-0.2, 0) is 4.79 Å². The molecule has 106 valence electrons. The van der Waals surface area contributed by atoms with Gasteiger partial charge in [-0.25, -0.2) is 0 Å². The van der Waals surface area contributed by atoms with Crippen molar-refractivity contribution in [2.24, 2.45) is 0 Å². The predicted molar refractivity (Wildman–Crippen MR) is 75.7 cm³/mol. The van der Waals surface area contributed by atoms with Crippen molar-refractivity contribution in [3.8, 4) is 0 Å². The lowest BCUT2D eigenvalue weighted by Crippen LogP contribution is -2.50. The fraction of sp³-hybridized carbons (Fsp3) is 0.929. The maximum Gasteiger partial charge on any atom is 0.220 e. The Hall–Kier alpha value is -0.610. The van der Waals surface area contributed by atoms with Crippen LogP contribution in [0.1, 0.15) is 46.5 Å². The van der Waals surface area contributed by atoms with Gasteiger partial charge in [0.05, 0.1) is 0 Å². The van der Waals surface area contributed by atoms with Gasteiger partial charge in [-0.05, 0) is 53.6 Å². The molecule has 1 saturated heterocycles. The van der Waals surface area contributed by atoms with Crippen LogP contribution >= 0.6 is 0 Å². The Balaban J connectivity index is 2.21. The number of likely N-dealkylation sites (tertiary alicyclic amines) is 1. The van der Waals surface area contributed by atoms with Crippen LogP contribution in [0.25, 0.3) is 0 Å². The summed E-state index contributed by atoms with van der Waals surface area (Å²) in [6, 6.07) is 0.380. The highest BCUT2D eigenvalue weighted by Gasteiger charge is 2.27. The normalized spacial score (nSPS) is 18.9. The Morgan fingerprint density at radius 3 is 2.39 bits per heavy atom. The molecule has 1 aliphatic heterocycles. The molecular weight excluding hydrogens is 226 g/mol. The number of hydrogen-bond donors (Lipinski definition) is 2. The molecule has 2 N–H and O–H groups in total. The van der Waals surface area contributed by atoms with Crippen molar-refractivity contribution in [3.63, 3.8) is 0 Å². The Morgan fingerprint density at radius 1 is 1.28 bits per heavy atom. The molecule has 18 heavy (non-hydrogen) atoms. The molecule has 1 heterocycles. The minimum absolute atomic E-state index is 0.208. The number of nitrogens with one attached hydrogen (secondary N) is 2. The minimum Gasteiger partial charge on any atom is -0.353 e. The molecule has 0 aromatic heterocycles. The molecule has 0 bridgehead atoms. The van der Waals surface area contributed by atoms with Crippen LogP contribution in [0, 0.1) is 0 Å². The second kappa shape index (κ2) is 7.10. The quantitative estimate of drug-likeness (QED) is 0.729. The first-order valence-corrected chi connectivity index (χ1v) is 7.12. The first-order valence-electron chi connectivity index (χ1n) is 7.12. The molecule has 1 amide bonds. The molecule has 1 fully saturated rings. The zero-order valence-electron chi connectivity index (χ0n) is 12.4. The number of hydrogen-bond acceptors (Lipinski definition) is 3. The lowest BCUT2D eigenvalue weighted by molar-refractivity contribution is -0.122. The summed E-state index contributed by atoms with van der Waals surface area (Å²) >= 11 is 0. The molecule has 0 unspecified atom stereocenters. The molecule has 0 spiro atoms. The fourth-order valence-corrected chi connectivity index (χ4v) is 2.42. The molecule has 1 aliphatic rings. The van der Waals surface area contributed by atoms with Crippen molar-refractivity contribution in [1.82, 2.24) is 15.5 Å². The fourth-order valence-electron chi connectivity index (χ4n) is 2.42. The lowest BCUT2D eigenvalue weighted by atomic mass is 9.98. The first-order chi connectivity index (χ1) is 8.43. The zero-order chi connectivity index (χ0) is 13.6. The number of piperidine rings is 1. The standard InChI is InChI=1S/C14H29N3O/c1-14(2,3)17-10-7-12(8-11-17)16-13(18)6-5-9-15-4/h12,15H,5-11H2,1-4H3,(H,16,18). The lowest BCUT2D eigenvalue weighted by Gasteiger charge is -2.41. The Morgan fingerprint density at radius 2 is 1.89 bits per heavy atom. The molecule has 0 aliphatic carbocycles. The van der Waals surface area contributed by atoms with E-state index >= 15 is 0 Å². The highest BCUT2D eigenvalue weighted by molar-refractivity contribution is 5.76. The minimum atomic E-state index is 0.208. The van der Waals surface area contributed by atoms with Crippen LogP contribution in [0.2, 0.25) is 0 Å². The highest BCUT2D eigenvalue weighted by Crippen LogP contribution is 2.20. The van der Waals surface area contributed by atoms with Crippen LogP contribution in [0.15, 0.2) is 0 Å². The third-order valence-corrected chi connectivity index (χ3v) is 3.64. The molecule has 4 nitrogen and oxygen atoms in total. The van der Waals surface area contributed by atoms with E-state index in [0.717, 1.165) is 38.9 Å². The highest BCUT2D eigenvalue weighted by atomic mass is 16.1. The second-order valence-electron chi connectivity index (χ2n) is 6.21. The third kappa shape index (κ3) is 5.36. The van der Waals surface area contributed by atoms with Crippen LogP contribution in [0.3, 0.4) is 0 Å².